The number of carbonyl (C=O) groups is 2. The number of anilines is 1. The lowest BCUT2D eigenvalue weighted by Crippen LogP contribution is -2.30. The fourth-order valence-corrected chi connectivity index (χ4v) is 3.82. The van der Waals surface area contributed by atoms with Gasteiger partial charge in [0.1, 0.15) is 11.5 Å². The van der Waals surface area contributed by atoms with Crippen molar-refractivity contribution in [2.24, 2.45) is 11.8 Å². The Hall–Kier alpha value is -2.62. The van der Waals surface area contributed by atoms with Crippen molar-refractivity contribution in [3.05, 3.63) is 54.1 Å². The summed E-state index contributed by atoms with van der Waals surface area (Å²) in [6.07, 6.45) is 3.75. The summed E-state index contributed by atoms with van der Waals surface area (Å²) in [4.78, 5) is 26.6. The molecule has 2 unspecified atom stereocenters. The molecule has 2 fully saturated rings. The number of aryl methyl sites for hydroxylation is 1. The first kappa shape index (κ1) is 15.9. The molecule has 0 aromatic heterocycles. The van der Waals surface area contributed by atoms with Crippen molar-refractivity contribution in [1.29, 1.82) is 0 Å². The van der Waals surface area contributed by atoms with E-state index in [1.165, 1.54) is 10.5 Å². The number of rotatable bonds is 3. The normalized spacial score (nSPS) is 22.8. The van der Waals surface area contributed by atoms with Crippen molar-refractivity contribution >= 4 is 17.5 Å². The maximum absolute atomic E-state index is 12.6. The maximum Gasteiger partial charge on any atom is 0.237 e. The minimum Gasteiger partial charge on any atom is -0.457 e. The van der Waals surface area contributed by atoms with Crippen LogP contribution in [0.1, 0.15) is 31.2 Å². The number of hydrogen-bond acceptors (Lipinski definition) is 3. The summed E-state index contributed by atoms with van der Waals surface area (Å²) >= 11 is 0. The molecule has 128 valence electrons. The average molecular weight is 335 g/mol. The zero-order chi connectivity index (χ0) is 17.4. The molecule has 2 atom stereocenters. The number of imide groups is 1. The van der Waals surface area contributed by atoms with Gasteiger partial charge in [0.15, 0.2) is 0 Å². The summed E-state index contributed by atoms with van der Waals surface area (Å²) in [6.45, 7) is 2.03. The highest BCUT2D eigenvalue weighted by Crippen LogP contribution is 2.40. The molecule has 1 heterocycles. The van der Waals surface area contributed by atoms with Gasteiger partial charge < -0.3 is 4.74 Å². The van der Waals surface area contributed by atoms with Crippen LogP contribution in [0.2, 0.25) is 0 Å². The van der Waals surface area contributed by atoms with E-state index in [2.05, 4.69) is 0 Å². The van der Waals surface area contributed by atoms with Crippen LogP contribution >= 0.6 is 0 Å². The summed E-state index contributed by atoms with van der Waals surface area (Å²) < 4.78 is 5.81. The van der Waals surface area contributed by atoms with Gasteiger partial charge in [0, 0.05) is 0 Å². The third-order valence-electron chi connectivity index (χ3n) is 5.19. The quantitative estimate of drug-likeness (QED) is 0.778. The van der Waals surface area contributed by atoms with E-state index >= 15 is 0 Å². The lowest BCUT2D eigenvalue weighted by atomic mass is 9.81. The molecule has 25 heavy (non-hydrogen) atoms. The average Bonchev–Trinajstić information content (AvgIpc) is 2.89. The van der Waals surface area contributed by atoms with Gasteiger partial charge in [0.2, 0.25) is 11.8 Å². The third kappa shape index (κ3) is 2.93. The van der Waals surface area contributed by atoms with Gasteiger partial charge in [-0.05, 0) is 56.2 Å². The van der Waals surface area contributed by atoms with Crippen LogP contribution in [0.15, 0.2) is 48.5 Å². The molecule has 1 saturated heterocycles. The molecular formula is C21H21NO3. The smallest absolute Gasteiger partial charge is 0.237 e. The zero-order valence-electron chi connectivity index (χ0n) is 14.3. The van der Waals surface area contributed by atoms with E-state index < -0.39 is 0 Å². The minimum atomic E-state index is -0.121. The highest BCUT2D eigenvalue weighted by atomic mass is 16.5. The first-order chi connectivity index (χ1) is 12.1. The van der Waals surface area contributed by atoms with E-state index in [0.29, 0.717) is 11.4 Å². The molecule has 0 bridgehead atoms. The second kappa shape index (κ2) is 6.36. The van der Waals surface area contributed by atoms with Gasteiger partial charge in [0.25, 0.3) is 0 Å². The largest absolute Gasteiger partial charge is 0.457 e. The number of nitrogens with zero attached hydrogens (tertiary/aromatic N) is 1. The Balaban J connectivity index is 1.53. The van der Waals surface area contributed by atoms with Crippen molar-refractivity contribution in [3.8, 4) is 11.5 Å². The van der Waals surface area contributed by atoms with Gasteiger partial charge in [-0.1, -0.05) is 30.5 Å². The summed E-state index contributed by atoms with van der Waals surface area (Å²) in [5, 5.41) is 0. The van der Waals surface area contributed by atoms with Crippen LogP contribution in [0.25, 0.3) is 0 Å². The van der Waals surface area contributed by atoms with E-state index in [1.807, 2.05) is 31.2 Å². The van der Waals surface area contributed by atoms with Gasteiger partial charge in [-0.25, -0.2) is 0 Å². The Morgan fingerprint density at radius 3 is 1.80 bits per heavy atom. The Labute approximate surface area is 147 Å². The van der Waals surface area contributed by atoms with Gasteiger partial charge in [-0.2, -0.15) is 0 Å². The lowest BCUT2D eigenvalue weighted by Gasteiger charge is -2.19. The molecule has 0 radical (unpaired) electrons. The fourth-order valence-electron chi connectivity index (χ4n) is 3.82. The molecule has 2 aromatic carbocycles. The highest BCUT2D eigenvalue weighted by molar-refractivity contribution is 6.22. The molecule has 4 heteroatoms. The van der Waals surface area contributed by atoms with Crippen LogP contribution in [-0.4, -0.2) is 11.8 Å². The van der Waals surface area contributed by atoms with E-state index in [4.69, 9.17) is 4.74 Å². The van der Waals surface area contributed by atoms with Crippen LogP contribution in [0.3, 0.4) is 0 Å². The molecule has 1 saturated carbocycles. The van der Waals surface area contributed by atoms with E-state index in [0.717, 1.165) is 31.4 Å². The van der Waals surface area contributed by atoms with Gasteiger partial charge in [-0.15, -0.1) is 0 Å². The highest BCUT2D eigenvalue weighted by Gasteiger charge is 2.48. The number of hydrogen-bond donors (Lipinski definition) is 0. The van der Waals surface area contributed by atoms with E-state index in [-0.39, 0.29) is 23.7 Å². The summed E-state index contributed by atoms with van der Waals surface area (Å²) in [6, 6.07) is 15.0. The van der Waals surface area contributed by atoms with Crippen molar-refractivity contribution in [2.75, 3.05) is 4.90 Å². The Morgan fingerprint density at radius 2 is 1.28 bits per heavy atom. The van der Waals surface area contributed by atoms with Crippen molar-refractivity contribution in [3.63, 3.8) is 0 Å². The zero-order valence-corrected chi connectivity index (χ0v) is 14.3. The minimum absolute atomic E-state index is 0.0399. The van der Waals surface area contributed by atoms with Crippen molar-refractivity contribution in [2.45, 2.75) is 32.6 Å². The van der Waals surface area contributed by atoms with Crippen LogP contribution in [-0.2, 0) is 9.59 Å². The predicted octanol–water partition coefficient (Wildman–Crippen LogP) is 4.47. The third-order valence-corrected chi connectivity index (χ3v) is 5.19. The van der Waals surface area contributed by atoms with Crippen LogP contribution < -0.4 is 9.64 Å². The molecule has 1 aliphatic carbocycles. The topological polar surface area (TPSA) is 46.6 Å². The van der Waals surface area contributed by atoms with E-state index in [9.17, 15) is 9.59 Å². The number of benzene rings is 2. The molecule has 4 rings (SSSR count). The van der Waals surface area contributed by atoms with E-state index in [1.54, 1.807) is 24.3 Å². The molecule has 1 aliphatic heterocycles. The maximum atomic E-state index is 12.6. The second-order valence-corrected chi connectivity index (χ2v) is 6.92. The number of ether oxygens (including phenoxy) is 1. The molecule has 0 N–H and O–H groups in total. The Kier molecular flexibility index (Phi) is 4.04. The standard InChI is InChI=1S/C21H21NO3/c1-14-6-10-16(11-7-14)25-17-12-8-15(9-13-17)22-20(23)18-4-2-3-5-19(18)21(22)24/h6-13,18-19H,2-5H2,1H3. The lowest BCUT2D eigenvalue weighted by molar-refractivity contribution is -0.122. The van der Waals surface area contributed by atoms with Crippen LogP contribution in [0.4, 0.5) is 5.69 Å². The summed E-state index contributed by atoms with van der Waals surface area (Å²) in [5.41, 5.74) is 1.82. The van der Waals surface area contributed by atoms with Crippen molar-refractivity contribution in [1.82, 2.24) is 0 Å². The summed E-state index contributed by atoms with van der Waals surface area (Å²) in [7, 11) is 0. The number of amides is 2. The van der Waals surface area contributed by atoms with Crippen LogP contribution in [0, 0.1) is 18.8 Å². The van der Waals surface area contributed by atoms with Gasteiger partial charge >= 0.3 is 0 Å². The Bertz CT molecular complexity index is 771. The molecular weight excluding hydrogens is 314 g/mol. The first-order valence-corrected chi connectivity index (χ1v) is 8.86. The fraction of sp³-hybridized carbons (Fsp3) is 0.333. The summed E-state index contributed by atoms with van der Waals surface area (Å²) in [5.74, 6) is 1.13. The number of carbonyl (C=O) groups excluding carboxylic acids is 2. The predicted molar refractivity (Wildman–Crippen MR) is 95.6 cm³/mol. The molecule has 2 aliphatic rings. The monoisotopic (exact) mass is 335 g/mol. The SMILES string of the molecule is Cc1ccc(Oc2ccc(N3C(=O)C4CCCCC4C3=O)cc2)cc1. The molecule has 4 nitrogen and oxygen atoms in total. The van der Waals surface area contributed by atoms with Gasteiger partial charge in [-0.3, -0.25) is 14.5 Å². The first-order valence-electron chi connectivity index (χ1n) is 8.86. The molecule has 2 aromatic rings. The number of fused-ring (bicyclic) bond motifs is 1. The molecule has 2 amide bonds. The van der Waals surface area contributed by atoms with Gasteiger partial charge in [0.05, 0.1) is 17.5 Å². The van der Waals surface area contributed by atoms with Crippen LogP contribution in [0.5, 0.6) is 11.5 Å². The second-order valence-electron chi connectivity index (χ2n) is 6.92. The Morgan fingerprint density at radius 1 is 0.800 bits per heavy atom. The molecule has 0 spiro atoms. The van der Waals surface area contributed by atoms with Crippen molar-refractivity contribution < 1.29 is 14.3 Å².